The van der Waals surface area contributed by atoms with Gasteiger partial charge in [-0.05, 0) is 29.0 Å². The van der Waals surface area contributed by atoms with Crippen LogP contribution in [0.5, 0.6) is 5.75 Å². The van der Waals surface area contributed by atoms with Crippen molar-refractivity contribution in [3.8, 4) is 5.75 Å². The molecule has 0 heterocycles. The van der Waals surface area contributed by atoms with E-state index in [0.717, 1.165) is 5.56 Å². The normalized spacial score (nSPS) is 13.4. The SMILES string of the molecule is CCc1cc(C(O)C(=O)O)c(O)c(C(C)(C)C)c1. The van der Waals surface area contributed by atoms with E-state index in [-0.39, 0.29) is 16.7 Å². The number of aliphatic hydroxyl groups is 1. The molecule has 1 aromatic rings. The maximum absolute atomic E-state index is 10.9. The Morgan fingerprint density at radius 2 is 1.89 bits per heavy atom. The zero-order valence-corrected chi connectivity index (χ0v) is 11.2. The highest BCUT2D eigenvalue weighted by atomic mass is 16.4. The molecular formula is C14H20O4. The Morgan fingerprint density at radius 1 is 1.33 bits per heavy atom. The molecule has 0 aliphatic carbocycles. The molecule has 1 atom stereocenters. The van der Waals surface area contributed by atoms with Crippen molar-refractivity contribution in [2.24, 2.45) is 0 Å². The predicted molar refractivity (Wildman–Crippen MR) is 68.8 cm³/mol. The highest BCUT2D eigenvalue weighted by Gasteiger charge is 2.26. The maximum atomic E-state index is 10.9. The molecule has 1 unspecified atom stereocenters. The molecule has 0 saturated heterocycles. The third-order valence-corrected chi connectivity index (χ3v) is 2.94. The molecule has 0 fully saturated rings. The minimum atomic E-state index is -1.70. The number of hydrogen-bond donors (Lipinski definition) is 3. The Kier molecular flexibility index (Phi) is 4.02. The van der Waals surface area contributed by atoms with Gasteiger partial charge < -0.3 is 15.3 Å². The summed E-state index contributed by atoms with van der Waals surface area (Å²) in [4.78, 5) is 10.9. The van der Waals surface area contributed by atoms with E-state index in [4.69, 9.17) is 5.11 Å². The van der Waals surface area contributed by atoms with E-state index >= 15 is 0 Å². The van der Waals surface area contributed by atoms with Crippen LogP contribution >= 0.6 is 0 Å². The molecule has 1 aromatic carbocycles. The number of aliphatic carboxylic acids is 1. The van der Waals surface area contributed by atoms with Gasteiger partial charge in [0.1, 0.15) is 5.75 Å². The molecule has 0 amide bonds. The first kappa shape index (κ1) is 14.5. The van der Waals surface area contributed by atoms with Gasteiger partial charge in [-0.25, -0.2) is 4.79 Å². The van der Waals surface area contributed by atoms with Crippen molar-refractivity contribution in [3.05, 3.63) is 28.8 Å². The fraction of sp³-hybridized carbons (Fsp3) is 0.500. The summed E-state index contributed by atoms with van der Waals surface area (Å²) >= 11 is 0. The average Bonchev–Trinajstić information content (AvgIpc) is 2.26. The maximum Gasteiger partial charge on any atom is 0.337 e. The minimum absolute atomic E-state index is 0.0618. The quantitative estimate of drug-likeness (QED) is 0.771. The summed E-state index contributed by atoms with van der Waals surface area (Å²) in [6, 6.07) is 3.40. The molecule has 0 aromatic heterocycles. The third-order valence-electron chi connectivity index (χ3n) is 2.94. The van der Waals surface area contributed by atoms with Crippen LogP contribution in [-0.4, -0.2) is 21.3 Å². The molecule has 0 bridgehead atoms. The number of carbonyl (C=O) groups is 1. The Hall–Kier alpha value is -1.55. The number of carboxylic acid groups (broad SMARTS) is 1. The average molecular weight is 252 g/mol. The number of benzene rings is 1. The van der Waals surface area contributed by atoms with E-state index in [1.54, 1.807) is 6.07 Å². The smallest absolute Gasteiger partial charge is 0.337 e. The summed E-state index contributed by atoms with van der Waals surface area (Å²) in [5, 5.41) is 28.6. The van der Waals surface area contributed by atoms with Gasteiger partial charge in [-0.1, -0.05) is 33.8 Å². The molecule has 4 nitrogen and oxygen atoms in total. The first-order chi connectivity index (χ1) is 8.18. The fourth-order valence-electron chi connectivity index (χ4n) is 1.84. The van der Waals surface area contributed by atoms with E-state index < -0.39 is 12.1 Å². The second kappa shape index (κ2) is 4.98. The van der Waals surface area contributed by atoms with Crippen molar-refractivity contribution >= 4 is 5.97 Å². The highest BCUT2D eigenvalue weighted by molar-refractivity contribution is 5.75. The van der Waals surface area contributed by atoms with Crippen molar-refractivity contribution in [1.29, 1.82) is 0 Å². The van der Waals surface area contributed by atoms with Crippen LogP contribution in [0.1, 0.15) is 50.5 Å². The van der Waals surface area contributed by atoms with E-state index in [2.05, 4.69) is 0 Å². The van der Waals surface area contributed by atoms with Gasteiger partial charge in [0.25, 0.3) is 0 Å². The summed E-state index contributed by atoms with van der Waals surface area (Å²) in [5.74, 6) is -1.49. The summed E-state index contributed by atoms with van der Waals surface area (Å²) in [6.07, 6.45) is -0.986. The number of carboxylic acids is 1. The van der Waals surface area contributed by atoms with Gasteiger partial charge in [0.05, 0.1) is 0 Å². The first-order valence-corrected chi connectivity index (χ1v) is 5.95. The summed E-state index contributed by atoms with van der Waals surface area (Å²) in [5.41, 5.74) is 1.29. The van der Waals surface area contributed by atoms with E-state index in [1.807, 2.05) is 33.8 Å². The molecule has 0 aliphatic rings. The molecule has 3 N–H and O–H groups in total. The van der Waals surface area contributed by atoms with Gasteiger partial charge in [0, 0.05) is 5.56 Å². The summed E-state index contributed by atoms with van der Waals surface area (Å²) in [6.45, 7) is 7.73. The zero-order valence-electron chi connectivity index (χ0n) is 11.2. The molecule has 18 heavy (non-hydrogen) atoms. The predicted octanol–water partition coefficient (Wildman–Crippen LogP) is 2.37. The Morgan fingerprint density at radius 3 is 2.28 bits per heavy atom. The first-order valence-electron chi connectivity index (χ1n) is 5.95. The van der Waals surface area contributed by atoms with Crippen molar-refractivity contribution in [2.45, 2.75) is 45.6 Å². The van der Waals surface area contributed by atoms with E-state index in [1.165, 1.54) is 0 Å². The number of rotatable bonds is 3. The zero-order chi connectivity index (χ0) is 14.1. The number of phenolic OH excluding ortho intramolecular Hbond substituents is 1. The highest BCUT2D eigenvalue weighted by Crippen LogP contribution is 2.37. The van der Waals surface area contributed by atoms with Crippen molar-refractivity contribution in [1.82, 2.24) is 0 Å². The molecule has 0 aliphatic heterocycles. The number of phenols is 1. The van der Waals surface area contributed by atoms with E-state index in [9.17, 15) is 15.0 Å². The van der Waals surface area contributed by atoms with Crippen molar-refractivity contribution in [2.75, 3.05) is 0 Å². The van der Waals surface area contributed by atoms with Crippen LogP contribution in [0.15, 0.2) is 12.1 Å². The summed E-state index contributed by atoms with van der Waals surface area (Å²) in [7, 11) is 0. The topological polar surface area (TPSA) is 77.8 Å². The number of aryl methyl sites for hydroxylation is 1. The lowest BCUT2D eigenvalue weighted by molar-refractivity contribution is -0.147. The van der Waals surface area contributed by atoms with Gasteiger partial charge in [-0.2, -0.15) is 0 Å². The Bertz CT molecular complexity index is 458. The number of aromatic hydroxyl groups is 1. The standard InChI is InChI=1S/C14H20O4/c1-5-8-6-9(12(16)13(17)18)11(15)10(7-8)14(2,3)4/h6-7,12,15-16H,5H2,1-4H3,(H,17,18). The van der Waals surface area contributed by atoms with Crippen LogP contribution in [0.2, 0.25) is 0 Å². The molecule has 0 radical (unpaired) electrons. The van der Waals surface area contributed by atoms with Gasteiger partial charge in [0.15, 0.2) is 6.10 Å². The lowest BCUT2D eigenvalue weighted by atomic mass is 9.83. The van der Waals surface area contributed by atoms with Crippen LogP contribution < -0.4 is 0 Å². The number of hydrogen-bond acceptors (Lipinski definition) is 3. The second-order valence-electron chi connectivity index (χ2n) is 5.43. The monoisotopic (exact) mass is 252 g/mol. The molecule has 100 valence electrons. The van der Waals surface area contributed by atoms with Crippen LogP contribution in [0.3, 0.4) is 0 Å². The second-order valence-corrected chi connectivity index (χ2v) is 5.43. The molecule has 1 rings (SSSR count). The largest absolute Gasteiger partial charge is 0.507 e. The van der Waals surface area contributed by atoms with Crippen molar-refractivity contribution in [3.63, 3.8) is 0 Å². The lowest BCUT2D eigenvalue weighted by Gasteiger charge is -2.24. The van der Waals surface area contributed by atoms with Gasteiger partial charge in [0.2, 0.25) is 0 Å². The Balaban J connectivity index is 3.48. The summed E-state index contributed by atoms with van der Waals surface area (Å²) < 4.78 is 0. The van der Waals surface area contributed by atoms with Gasteiger partial charge in [-0.15, -0.1) is 0 Å². The minimum Gasteiger partial charge on any atom is -0.507 e. The van der Waals surface area contributed by atoms with Crippen molar-refractivity contribution < 1.29 is 20.1 Å². The number of aliphatic hydroxyl groups excluding tert-OH is 1. The van der Waals surface area contributed by atoms with Gasteiger partial charge >= 0.3 is 5.97 Å². The van der Waals surface area contributed by atoms with Crippen LogP contribution in [-0.2, 0) is 16.6 Å². The molecule has 4 heteroatoms. The third kappa shape index (κ3) is 2.82. The Labute approximate surface area is 107 Å². The molecule has 0 saturated carbocycles. The van der Waals surface area contributed by atoms with Crippen LogP contribution in [0.25, 0.3) is 0 Å². The van der Waals surface area contributed by atoms with Crippen LogP contribution in [0.4, 0.5) is 0 Å². The van der Waals surface area contributed by atoms with E-state index in [0.29, 0.717) is 12.0 Å². The van der Waals surface area contributed by atoms with Crippen LogP contribution in [0, 0.1) is 0 Å². The lowest BCUT2D eigenvalue weighted by Crippen LogP contribution is -2.16. The van der Waals surface area contributed by atoms with Gasteiger partial charge in [-0.3, -0.25) is 0 Å². The fourth-order valence-corrected chi connectivity index (χ4v) is 1.84. The molecule has 0 spiro atoms. The molecular weight excluding hydrogens is 232 g/mol.